The Balaban J connectivity index is 0.000000146. The quantitative estimate of drug-likeness (QED) is 0.682. The third kappa shape index (κ3) is 4.43. The Morgan fingerprint density at radius 1 is 0.857 bits per heavy atom. The zero-order valence-corrected chi connectivity index (χ0v) is 9.63. The van der Waals surface area contributed by atoms with Crippen LogP contribution in [0.4, 0.5) is 0 Å². The lowest BCUT2D eigenvalue weighted by molar-refractivity contribution is -0.0331. The zero-order valence-electron chi connectivity index (χ0n) is 9.63. The summed E-state index contributed by atoms with van der Waals surface area (Å²) in [6.45, 7) is 8.48. The van der Waals surface area contributed by atoms with Gasteiger partial charge < -0.3 is 9.47 Å². The fourth-order valence-corrected chi connectivity index (χ4v) is 1.67. The smallest absolute Gasteiger partial charge is 0.0516 e. The van der Waals surface area contributed by atoms with Crippen molar-refractivity contribution in [1.29, 1.82) is 0 Å². The molecule has 2 fully saturated rings. The van der Waals surface area contributed by atoms with Gasteiger partial charge in [-0.1, -0.05) is 20.3 Å². The summed E-state index contributed by atoms with van der Waals surface area (Å²) < 4.78 is 10.1. The third-order valence-corrected chi connectivity index (χ3v) is 3.20. The Morgan fingerprint density at radius 2 is 1.43 bits per heavy atom. The molecular formula is C12H24O2. The maximum Gasteiger partial charge on any atom is 0.0516 e. The van der Waals surface area contributed by atoms with Crippen molar-refractivity contribution in [2.24, 2.45) is 11.8 Å². The Morgan fingerprint density at radius 3 is 1.64 bits per heavy atom. The maximum absolute atomic E-state index is 5.20. The first-order chi connectivity index (χ1) is 6.86. The highest BCUT2D eigenvalue weighted by atomic mass is 16.5. The van der Waals surface area contributed by atoms with Crippen LogP contribution in [-0.2, 0) is 9.47 Å². The summed E-state index contributed by atoms with van der Waals surface area (Å²) in [4.78, 5) is 0. The molecule has 0 bridgehead atoms. The molecule has 0 N–H and O–H groups in total. The van der Waals surface area contributed by atoms with Gasteiger partial charge in [0.25, 0.3) is 0 Å². The second kappa shape index (κ2) is 7.24. The summed E-state index contributed by atoms with van der Waals surface area (Å²) in [7, 11) is 0. The number of hydrogen-bond acceptors (Lipinski definition) is 2. The van der Waals surface area contributed by atoms with Crippen LogP contribution < -0.4 is 0 Å². The van der Waals surface area contributed by atoms with Crippen molar-refractivity contribution < 1.29 is 9.47 Å². The van der Waals surface area contributed by atoms with E-state index in [-0.39, 0.29) is 0 Å². The van der Waals surface area contributed by atoms with E-state index in [0.29, 0.717) is 0 Å². The predicted octanol–water partition coefficient (Wildman–Crippen LogP) is 2.87. The van der Waals surface area contributed by atoms with E-state index in [9.17, 15) is 0 Å². The monoisotopic (exact) mass is 200 g/mol. The van der Waals surface area contributed by atoms with E-state index in [1.165, 1.54) is 25.7 Å². The molecule has 2 nitrogen and oxygen atoms in total. The van der Waals surface area contributed by atoms with Crippen molar-refractivity contribution in [1.82, 2.24) is 0 Å². The van der Waals surface area contributed by atoms with Crippen LogP contribution in [0.5, 0.6) is 0 Å². The van der Waals surface area contributed by atoms with E-state index in [1.54, 1.807) is 0 Å². The van der Waals surface area contributed by atoms with E-state index < -0.39 is 0 Å². The average molecular weight is 200 g/mol. The molecule has 0 amide bonds. The van der Waals surface area contributed by atoms with Crippen molar-refractivity contribution >= 4 is 0 Å². The number of hydrogen-bond donors (Lipinski definition) is 0. The second-order valence-electron chi connectivity index (χ2n) is 4.28. The van der Waals surface area contributed by atoms with Gasteiger partial charge in [-0.15, -0.1) is 0 Å². The van der Waals surface area contributed by atoms with Crippen LogP contribution in [0.3, 0.4) is 0 Å². The van der Waals surface area contributed by atoms with Crippen LogP contribution in [0.2, 0.25) is 0 Å². The Kier molecular flexibility index (Phi) is 6.20. The van der Waals surface area contributed by atoms with Crippen LogP contribution in [0, 0.1) is 11.8 Å². The number of rotatable bonds is 2. The highest BCUT2D eigenvalue weighted by Gasteiger charge is 2.14. The molecule has 84 valence electrons. The van der Waals surface area contributed by atoms with Crippen molar-refractivity contribution in [2.45, 2.75) is 39.5 Å². The van der Waals surface area contributed by atoms with E-state index in [1.807, 2.05) is 0 Å². The SMILES string of the molecule is CCC1CCOCC1.CCC1COC1. The van der Waals surface area contributed by atoms with Crippen molar-refractivity contribution in [3.05, 3.63) is 0 Å². The fraction of sp³-hybridized carbons (Fsp3) is 1.00. The van der Waals surface area contributed by atoms with Crippen LogP contribution >= 0.6 is 0 Å². The van der Waals surface area contributed by atoms with Gasteiger partial charge in [-0.3, -0.25) is 0 Å². The van der Waals surface area contributed by atoms with Crippen LogP contribution in [0.1, 0.15) is 39.5 Å². The summed E-state index contributed by atoms with van der Waals surface area (Å²) >= 11 is 0. The Hall–Kier alpha value is -0.0800. The molecule has 2 aliphatic rings. The van der Waals surface area contributed by atoms with Gasteiger partial charge in [0, 0.05) is 19.1 Å². The van der Waals surface area contributed by atoms with Crippen molar-refractivity contribution in [3.8, 4) is 0 Å². The molecule has 0 aromatic rings. The zero-order chi connectivity index (χ0) is 10.2. The molecule has 2 rings (SSSR count). The molecule has 0 unspecified atom stereocenters. The normalized spacial score (nSPS) is 23.6. The highest BCUT2D eigenvalue weighted by molar-refractivity contribution is 4.61. The van der Waals surface area contributed by atoms with Crippen LogP contribution in [0.25, 0.3) is 0 Å². The van der Waals surface area contributed by atoms with Crippen molar-refractivity contribution in [2.75, 3.05) is 26.4 Å². The molecule has 2 heteroatoms. The molecule has 2 saturated heterocycles. The van der Waals surface area contributed by atoms with Crippen LogP contribution in [0.15, 0.2) is 0 Å². The van der Waals surface area contributed by atoms with Gasteiger partial charge in [0.05, 0.1) is 13.2 Å². The predicted molar refractivity (Wildman–Crippen MR) is 58.4 cm³/mol. The molecule has 2 heterocycles. The lowest BCUT2D eigenvalue weighted by atomic mass is 9.98. The van der Waals surface area contributed by atoms with Gasteiger partial charge in [0.1, 0.15) is 0 Å². The minimum absolute atomic E-state index is 0.894. The molecule has 14 heavy (non-hydrogen) atoms. The first-order valence-corrected chi connectivity index (χ1v) is 6.02. The van der Waals surface area contributed by atoms with Gasteiger partial charge in [-0.2, -0.15) is 0 Å². The molecule has 0 spiro atoms. The highest BCUT2D eigenvalue weighted by Crippen LogP contribution is 2.16. The lowest BCUT2D eigenvalue weighted by Crippen LogP contribution is -2.26. The summed E-state index contributed by atoms with van der Waals surface area (Å²) in [5.74, 6) is 1.86. The molecule has 0 aliphatic carbocycles. The van der Waals surface area contributed by atoms with Gasteiger partial charge in [-0.25, -0.2) is 0 Å². The first-order valence-electron chi connectivity index (χ1n) is 6.02. The molecule has 0 radical (unpaired) electrons. The van der Waals surface area contributed by atoms with Gasteiger partial charge in [0.2, 0.25) is 0 Å². The Labute approximate surface area is 88.0 Å². The van der Waals surface area contributed by atoms with Gasteiger partial charge >= 0.3 is 0 Å². The molecule has 0 aromatic heterocycles. The van der Waals surface area contributed by atoms with Gasteiger partial charge in [-0.05, 0) is 25.2 Å². The van der Waals surface area contributed by atoms with Crippen LogP contribution in [-0.4, -0.2) is 26.4 Å². The fourth-order valence-electron chi connectivity index (χ4n) is 1.67. The summed E-state index contributed by atoms with van der Waals surface area (Å²) in [6, 6.07) is 0. The minimum Gasteiger partial charge on any atom is -0.381 e. The second-order valence-corrected chi connectivity index (χ2v) is 4.28. The molecule has 0 saturated carbocycles. The topological polar surface area (TPSA) is 18.5 Å². The van der Waals surface area contributed by atoms with E-state index >= 15 is 0 Å². The summed E-state index contributed by atoms with van der Waals surface area (Å²) in [5, 5.41) is 0. The first kappa shape index (κ1) is 12.0. The standard InChI is InChI=1S/C7H14O.C5H10O/c1-2-7-3-5-8-6-4-7;1-2-5-3-6-4-5/h7H,2-6H2,1H3;5H,2-4H2,1H3. The van der Waals surface area contributed by atoms with E-state index in [2.05, 4.69) is 13.8 Å². The van der Waals surface area contributed by atoms with Gasteiger partial charge in [0.15, 0.2) is 0 Å². The van der Waals surface area contributed by atoms with E-state index in [0.717, 1.165) is 38.3 Å². The molecule has 0 atom stereocenters. The molecule has 2 aliphatic heterocycles. The van der Waals surface area contributed by atoms with Crippen molar-refractivity contribution in [3.63, 3.8) is 0 Å². The number of ether oxygens (including phenoxy) is 2. The molecule has 0 aromatic carbocycles. The lowest BCUT2D eigenvalue weighted by Gasteiger charge is -2.23. The Bertz CT molecular complexity index is 124. The molecular weight excluding hydrogens is 176 g/mol. The maximum atomic E-state index is 5.20. The van der Waals surface area contributed by atoms with E-state index in [4.69, 9.17) is 9.47 Å². The summed E-state index contributed by atoms with van der Waals surface area (Å²) in [5.41, 5.74) is 0. The largest absolute Gasteiger partial charge is 0.381 e. The summed E-state index contributed by atoms with van der Waals surface area (Å²) in [6.07, 6.45) is 5.20. The third-order valence-electron chi connectivity index (χ3n) is 3.20. The minimum atomic E-state index is 0.894. The average Bonchev–Trinajstić information content (AvgIpc) is 2.18.